The Hall–Kier alpha value is -1.76. The van der Waals surface area contributed by atoms with E-state index in [-0.39, 0.29) is 0 Å². The van der Waals surface area contributed by atoms with Crippen molar-refractivity contribution in [1.29, 1.82) is 0 Å². The zero-order chi connectivity index (χ0) is 15.3. The second-order valence-electron chi connectivity index (χ2n) is 6.53. The van der Waals surface area contributed by atoms with Crippen molar-refractivity contribution in [3.63, 3.8) is 0 Å². The van der Waals surface area contributed by atoms with E-state index in [0.717, 1.165) is 28.6 Å². The molecule has 0 atom stereocenters. The Morgan fingerprint density at radius 3 is 2.77 bits per heavy atom. The van der Waals surface area contributed by atoms with Crippen LogP contribution in [0.4, 0.5) is 0 Å². The largest absolute Gasteiger partial charge is 0.264 e. The van der Waals surface area contributed by atoms with Crippen molar-refractivity contribution in [2.75, 3.05) is 0 Å². The molecule has 7 heteroatoms. The molecule has 0 amide bonds. The van der Waals surface area contributed by atoms with Crippen LogP contribution in [0.15, 0.2) is 6.07 Å². The molecule has 0 N–H and O–H groups in total. The zero-order valence-corrected chi connectivity index (χ0v) is 14.0. The molecule has 1 aliphatic carbocycles. The fourth-order valence-corrected chi connectivity index (χ4v) is 3.87. The van der Waals surface area contributed by atoms with Crippen LogP contribution in [0.2, 0.25) is 0 Å². The molecule has 0 spiro atoms. The summed E-state index contributed by atoms with van der Waals surface area (Å²) in [6, 6.07) is 2.11. The van der Waals surface area contributed by atoms with E-state index >= 15 is 0 Å². The molecule has 0 bridgehead atoms. The van der Waals surface area contributed by atoms with Crippen molar-refractivity contribution >= 4 is 16.3 Å². The SMILES string of the molecule is CC(C)Cc1cc(-c2nnc3sc(C4CCC4)nn23)n(C)n1. The zero-order valence-electron chi connectivity index (χ0n) is 13.2. The van der Waals surface area contributed by atoms with Gasteiger partial charge in [-0.05, 0) is 31.2 Å². The molecule has 1 aliphatic rings. The summed E-state index contributed by atoms with van der Waals surface area (Å²) in [5.41, 5.74) is 2.08. The number of fused-ring (bicyclic) bond motifs is 1. The molecule has 1 saturated carbocycles. The molecule has 3 aromatic heterocycles. The van der Waals surface area contributed by atoms with E-state index < -0.39 is 0 Å². The molecule has 0 saturated heterocycles. The van der Waals surface area contributed by atoms with Crippen LogP contribution in [0.5, 0.6) is 0 Å². The molecule has 4 rings (SSSR count). The molecule has 22 heavy (non-hydrogen) atoms. The summed E-state index contributed by atoms with van der Waals surface area (Å²) >= 11 is 1.67. The van der Waals surface area contributed by atoms with Gasteiger partial charge in [-0.2, -0.15) is 14.7 Å². The fourth-order valence-electron chi connectivity index (χ4n) is 2.87. The highest BCUT2D eigenvalue weighted by atomic mass is 32.1. The highest BCUT2D eigenvalue weighted by Gasteiger charge is 2.25. The van der Waals surface area contributed by atoms with Crippen molar-refractivity contribution in [3.8, 4) is 11.5 Å². The number of hydrogen-bond acceptors (Lipinski definition) is 5. The van der Waals surface area contributed by atoms with Crippen LogP contribution in [-0.2, 0) is 13.5 Å². The Bertz CT molecular complexity index is 807. The third kappa shape index (κ3) is 2.24. The minimum Gasteiger partial charge on any atom is -0.264 e. The van der Waals surface area contributed by atoms with Crippen molar-refractivity contribution in [3.05, 3.63) is 16.8 Å². The lowest BCUT2D eigenvalue weighted by atomic mass is 9.86. The van der Waals surface area contributed by atoms with Crippen molar-refractivity contribution < 1.29 is 0 Å². The Labute approximate surface area is 133 Å². The van der Waals surface area contributed by atoms with Crippen LogP contribution < -0.4 is 0 Å². The molecule has 6 nitrogen and oxygen atoms in total. The van der Waals surface area contributed by atoms with E-state index in [1.807, 2.05) is 16.2 Å². The Morgan fingerprint density at radius 2 is 2.09 bits per heavy atom. The third-order valence-corrected chi connectivity index (χ3v) is 5.30. The summed E-state index contributed by atoms with van der Waals surface area (Å²) in [7, 11) is 1.96. The minimum atomic E-state index is 0.589. The van der Waals surface area contributed by atoms with Crippen LogP contribution in [-0.4, -0.2) is 29.6 Å². The number of aryl methyl sites for hydroxylation is 1. The molecule has 0 aliphatic heterocycles. The summed E-state index contributed by atoms with van der Waals surface area (Å²) in [6.07, 6.45) is 4.80. The Balaban J connectivity index is 1.73. The predicted octanol–water partition coefficient (Wildman–Crippen LogP) is 3.05. The maximum Gasteiger partial charge on any atom is 0.235 e. The first kappa shape index (κ1) is 13.9. The molecule has 0 unspecified atom stereocenters. The minimum absolute atomic E-state index is 0.589. The van der Waals surface area contributed by atoms with Gasteiger partial charge in [-0.25, -0.2) is 0 Å². The number of rotatable bonds is 4. The van der Waals surface area contributed by atoms with Crippen LogP contribution in [0, 0.1) is 5.92 Å². The fraction of sp³-hybridized carbons (Fsp3) is 0.600. The average Bonchev–Trinajstić information content (AvgIpc) is 3.01. The molecule has 3 aromatic rings. The quantitative estimate of drug-likeness (QED) is 0.742. The van der Waals surface area contributed by atoms with Crippen LogP contribution >= 0.6 is 11.3 Å². The molecule has 116 valence electrons. The maximum absolute atomic E-state index is 4.75. The van der Waals surface area contributed by atoms with Gasteiger partial charge in [-0.15, -0.1) is 10.2 Å². The maximum atomic E-state index is 4.75. The summed E-state index contributed by atoms with van der Waals surface area (Å²) in [5.74, 6) is 2.01. The first-order valence-electron chi connectivity index (χ1n) is 7.87. The molecule has 0 aromatic carbocycles. The normalized spacial score (nSPS) is 15.8. The van der Waals surface area contributed by atoms with Gasteiger partial charge in [0, 0.05) is 13.0 Å². The van der Waals surface area contributed by atoms with Gasteiger partial charge in [-0.3, -0.25) is 4.68 Å². The smallest absolute Gasteiger partial charge is 0.235 e. The first-order chi connectivity index (χ1) is 10.6. The summed E-state index contributed by atoms with van der Waals surface area (Å²) in [4.78, 5) is 0.878. The van der Waals surface area contributed by atoms with E-state index in [0.29, 0.717) is 11.8 Å². The first-order valence-corrected chi connectivity index (χ1v) is 8.69. The molecular formula is C15H20N6S. The summed E-state index contributed by atoms with van der Waals surface area (Å²) in [6.45, 7) is 4.41. The van der Waals surface area contributed by atoms with E-state index in [1.165, 1.54) is 24.3 Å². The third-order valence-electron chi connectivity index (χ3n) is 4.24. The van der Waals surface area contributed by atoms with Crippen LogP contribution in [0.25, 0.3) is 16.5 Å². The second-order valence-corrected chi connectivity index (χ2v) is 7.52. The lowest BCUT2D eigenvalue weighted by Gasteiger charge is -2.21. The topological polar surface area (TPSA) is 60.9 Å². The number of nitrogens with zero attached hydrogens (tertiary/aromatic N) is 6. The van der Waals surface area contributed by atoms with Gasteiger partial charge >= 0.3 is 0 Å². The van der Waals surface area contributed by atoms with Gasteiger partial charge in [0.1, 0.15) is 10.7 Å². The second kappa shape index (κ2) is 5.15. The van der Waals surface area contributed by atoms with E-state index in [2.05, 4.69) is 35.2 Å². The lowest BCUT2D eigenvalue weighted by molar-refractivity contribution is 0.415. The number of hydrogen-bond donors (Lipinski definition) is 0. The standard InChI is InChI=1S/C15H20N6S/c1-9(2)7-11-8-12(20(3)18-11)13-16-17-15-21(13)19-14(22-15)10-5-4-6-10/h8-10H,4-7H2,1-3H3. The van der Waals surface area contributed by atoms with Gasteiger partial charge in [0.25, 0.3) is 0 Å². The summed E-state index contributed by atoms with van der Waals surface area (Å²) in [5, 5.41) is 19.2. The van der Waals surface area contributed by atoms with Gasteiger partial charge in [0.05, 0.1) is 5.69 Å². The lowest BCUT2D eigenvalue weighted by Crippen LogP contribution is -2.09. The molecule has 0 radical (unpaired) electrons. The summed E-state index contributed by atoms with van der Waals surface area (Å²) < 4.78 is 3.77. The van der Waals surface area contributed by atoms with E-state index in [1.54, 1.807) is 11.3 Å². The van der Waals surface area contributed by atoms with Crippen LogP contribution in [0.3, 0.4) is 0 Å². The molecular weight excluding hydrogens is 296 g/mol. The van der Waals surface area contributed by atoms with Gasteiger partial charge in [0.15, 0.2) is 0 Å². The highest BCUT2D eigenvalue weighted by molar-refractivity contribution is 7.16. The van der Waals surface area contributed by atoms with Crippen molar-refractivity contribution in [2.24, 2.45) is 13.0 Å². The van der Waals surface area contributed by atoms with E-state index in [9.17, 15) is 0 Å². The van der Waals surface area contributed by atoms with Crippen molar-refractivity contribution in [1.82, 2.24) is 29.6 Å². The average molecular weight is 316 g/mol. The van der Waals surface area contributed by atoms with Gasteiger partial charge in [-0.1, -0.05) is 31.6 Å². The van der Waals surface area contributed by atoms with Gasteiger partial charge in [0.2, 0.25) is 10.8 Å². The molecule has 1 fully saturated rings. The highest BCUT2D eigenvalue weighted by Crippen LogP contribution is 2.38. The number of aromatic nitrogens is 6. The van der Waals surface area contributed by atoms with Gasteiger partial charge < -0.3 is 0 Å². The van der Waals surface area contributed by atoms with E-state index in [4.69, 9.17) is 5.10 Å². The Morgan fingerprint density at radius 1 is 1.27 bits per heavy atom. The Kier molecular flexibility index (Phi) is 3.25. The van der Waals surface area contributed by atoms with Crippen LogP contribution in [0.1, 0.15) is 49.7 Å². The molecule has 3 heterocycles. The monoisotopic (exact) mass is 316 g/mol. The van der Waals surface area contributed by atoms with Crippen molar-refractivity contribution in [2.45, 2.75) is 45.4 Å². The predicted molar refractivity (Wildman–Crippen MR) is 86.0 cm³/mol.